The van der Waals surface area contributed by atoms with Crippen LogP contribution in [0.3, 0.4) is 0 Å². The van der Waals surface area contributed by atoms with Crippen LogP contribution < -0.4 is 5.73 Å². The number of aromatic nitrogens is 5. The minimum atomic E-state index is 0.368. The number of anilines is 1. The number of nitrogens with zero attached hydrogens (tertiary/aromatic N) is 6. The van der Waals surface area contributed by atoms with Gasteiger partial charge in [0.05, 0.1) is 11.3 Å². The summed E-state index contributed by atoms with van der Waals surface area (Å²) in [7, 11) is 0. The van der Waals surface area contributed by atoms with Gasteiger partial charge in [-0.2, -0.15) is 4.68 Å². The summed E-state index contributed by atoms with van der Waals surface area (Å²) in [6.07, 6.45) is 4.38. The summed E-state index contributed by atoms with van der Waals surface area (Å²) in [6, 6.07) is 17.9. The van der Waals surface area contributed by atoms with Crippen molar-refractivity contribution in [2.24, 2.45) is 0 Å². The third-order valence-corrected chi connectivity index (χ3v) is 5.81. The second kappa shape index (κ2) is 8.45. The van der Waals surface area contributed by atoms with Crippen LogP contribution in [-0.2, 0) is 6.54 Å². The average molecular weight is 432 g/mol. The van der Waals surface area contributed by atoms with Crippen molar-refractivity contribution in [1.29, 1.82) is 0 Å². The molecule has 0 spiro atoms. The standard InChI is InChI=1S/C23H22ClN7/c24-19-4-3-5-20(13-19)31-23(27-28-29-31)21-12-18(14-26-22(21)25)17-8-6-16(7-9-17)15-30-10-1-2-11-30/h3-9,12-14H,1-2,10-11,15H2,(H2,25,26). The van der Waals surface area contributed by atoms with Crippen molar-refractivity contribution in [3.63, 3.8) is 0 Å². The summed E-state index contributed by atoms with van der Waals surface area (Å²) in [6.45, 7) is 3.38. The van der Waals surface area contributed by atoms with E-state index in [9.17, 15) is 0 Å². The smallest absolute Gasteiger partial charge is 0.190 e. The summed E-state index contributed by atoms with van der Waals surface area (Å²) in [4.78, 5) is 6.90. The third kappa shape index (κ3) is 4.15. The highest BCUT2D eigenvalue weighted by Crippen LogP contribution is 2.30. The van der Waals surface area contributed by atoms with Crippen LogP contribution in [0.5, 0.6) is 0 Å². The maximum atomic E-state index is 6.20. The van der Waals surface area contributed by atoms with Gasteiger partial charge in [0.2, 0.25) is 0 Å². The van der Waals surface area contributed by atoms with Gasteiger partial charge in [-0.25, -0.2) is 4.98 Å². The van der Waals surface area contributed by atoms with E-state index in [1.54, 1.807) is 23.0 Å². The van der Waals surface area contributed by atoms with Crippen molar-refractivity contribution in [1.82, 2.24) is 30.1 Å². The highest BCUT2D eigenvalue weighted by Gasteiger charge is 2.16. The molecule has 0 aliphatic carbocycles. The van der Waals surface area contributed by atoms with Gasteiger partial charge in [0.1, 0.15) is 5.82 Å². The molecule has 2 N–H and O–H groups in total. The van der Waals surface area contributed by atoms with Crippen molar-refractivity contribution in [3.8, 4) is 28.2 Å². The zero-order valence-corrected chi connectivity index (χ0v) is 17.7. The first-order valence-corrected chi connectivity index (χ1v) is 10.7. The van der Waals surface area contributed by atoms with Crippen LogP contribution in [0.2, 0.25) is 5.02 Å². The average Bonchev–Trinajstić information content (AvgIpc) is 3.47. The maximum Gasteiger partial charge on any atom is 0.190 e. The second-order valence-electron chi connectivity index (χ2n) is 7.73. The van der Waals surface area contributed by atoms with E-state index in [0.29, 0.717) is 22.2 Å². The number of hydrogen-bond donors (Lipinski definition) is 1. The number of pyridine rings is 1. The molecule has 31 heavy (non-hydrogen) atoms. The molecule has 0 atom stereocenters. The lowest BCUT2D eigenvalue weighted by atomic mass is 10.0. The summed E-state index contributed by atoms with van der Waals surface area (Å²) < 4.78 is 1.61. The van der Waals surface area contributed by atoms with Crippen LogP contribution in [0.1, 0.15) is 18.4 Å². The van der Waals surface area contributed by atoms with Gasteiger partial charge < -0.3 is 5.73 Å². The number of nitrogens with two attached hydrogens (primary N) is 1. The number of rotatable bonds is 5. The molecule has 3 heterocycles. The Morgan fingerprint density at radius 3 is 2.55 bits per heavy atom. The molecular weight excluding hydrogens is 410 g/mol. The molecule has 5 rings (SSSR count). The number of benzene rings is 2. The molecule has 0 saturated carbocycles. The number of likely N-dealkylation sites (tertiary alicyclic amines) is 1. The Morgan fingerprint density at radius 2 is 1.77 bits per heavy atom. The number of hydrogen-bond acceptors (Lipinski definition) is 6. The Kier molecular flexibility index (Phi) is 5.36. The minimum Gasteiger partial charge on any atom is -0.383 e. The fraction of sp³-hybridized carbons (Fsp3) is 0.217. The van der Waals surface area contributed by atoms with E-state index in [4.69, 9.17) is 17.3 Å². The first-order chi connectivity index (χ1) is 15.2. The van der Waals surface area contributed by atoms with Gasteiger partial charge in [0.25, 0.3) is 0 Å². The van der Waals surface area contributed by atoms with E-state index in [1.165, 1.54) is 31.5 Å². The van der Waals surface area contributed by atoms with Gasteiger partial charge in [-0.15, -0.1) is 5.10 Å². The first kappa shape index (κ1) is 19.7. The van der Waals surface area contributed by atoms with Crippen LogP contribution >= 0.6 is 11.6 Å². The van der Waals surface area contributed by atoms with Gasteiger partial charge in [-0.3, -0.25) is 4.90 Å². The zero-order chi connectivity index (χ0) is 21.2. The zero-order valence-electron chi connectivity index (χ0n) is 16.9. The lowest BCUT2D eigenvalue weighted by Crippen LogP contribution is -2.18. The largest absolute Gasteiger partial charge is 0.383 e. The molecule has 0 bridgehead atoms. The Hall–Kier alpha value is -3.29. The van der Waals surface area contributed by atoms with Gasteiger partial charge in [0, 0.05) is 23.3 Å². The molecule has 2 aromatic carbocycles. The Morgan fingerprint density at radius 1 is 0.968 bits per heavy atom. The van der Waals surface area contributed by atoms with E-state index in [0.717, 1.165) is 23.4 Å². The van der Waals surface area contributed by atoms with Crippen LogP contribution in [0.25, 0.3) is 28.2 Å². The van der Waals surface area contributed by atoms with Crippen molar-refractivity contribution < 1.29 is 0 Å². The molecule has 2 aromatic heterocycles. The Balaban J connectivity index is 1.46. The molecule has 7 nitrogen and oxygen atoms in total. The molecule has 0 radical (unpaired) electrons. The number of tetrazole rings is 1. The molecule has 1 aliphatic heterocycles. The number of nitrogen functional groups attached to an aromatic ring is 1. The second-order valence-corrected chi connectivity index (χ2v) is 8.17. The highest BCUT2D eigenvalue weighted by atomic mass is 35.5. The van der Waals surface area contributed by atoms with Crippen LogP contribution in [-0.4, -0.2) is 43.2 Å². The lowest BCUT2D eigenvalue weighted by Gasteiger charge is -2.15. The van der Waals surface area contributed by atoms with Gasteiger partial charge >= 0.3 is 0 Å². The summed E-state index contributed by atoms with van der Waals surface area (Å²) in [5, 5.41) is 12.8. The Bertz CT molecular complexity index is 1200. The third-order valence-electron chi connectivity index (χ3n) is 5.57. The Labute approximate surface area is 185 Å². The predicted octanol–water partition coefficient (Wildman–Crippen LogP) is 4.22. The molecule has 0 amide bonds. The van der Waals surface area contributed by atoms with Crippen molar-refractivity contribution in [3.05, 3.63) is 71.4 Å². The van der Waals surface area contributed by atoms with Crippen molar-refractivity contribution in [2.75, 3.05) is 18.8 Å². The molecular formula is C23H22ClN7. The molecule has 156 valence electrons. The van der Waals surface area contributed by atoms with E-state index >= 15 is 0 Å². The van der Waals surface area contributed by atoms with Gasteiger partial charge in [-0.1, -0.05) is 41.9 Å². The number of halogens is 1. The van der Waals surface area contributed by atoms with E-state index in [1.807, 2.05) is 18.2 Å². The fourth-order valence-corrected chi connectivity index (χ4v) is 4.14. The summed E-state index contributed by atoms with van der Waals surface area (Å²) in [5.41, 5.74) is 11.0. The topological polar surface area (TPSA) is 85.8 Å². The maximum absolute atomic E-state index is 6.20. The van der Waals surface area contributed by atoms with Crippen LogP contribution in [0, 0.1) is 0 Å². The molecule has 0 unspecified atom stereocenters. The molecule has 8 heteroatoms. The van der Waals surface area contributed by atoms with Gasteiger partial charge in [-0.05, 0) is 71.8 Å². The minimum absolute atomic E-state index is 0.368. The SMILES string of the molecule is Nc1ncc(-c2ccc(CN3CCCC3)cc2)cc1-c1nnnn1-c1cccc(Cl)c1. The molecule has 1 saturated heterocycles. The normalized spacial score (nSPS) is 14.2. The van der Waals surface area contributed by atoms with Crippen LogP contribution in [0.15, 0.2) is 60.8 Å². The van der Waals surface area contributed by atoms with E-state index in [2.05, 4.69) is 49.7 Å². The molecule has 1 fully saturated rings. The van der Waals surface area contributed by atoms with Crippen molar-refractivity contribution in [2.45, 2.75) is 19.4 Å². The monoisotopic (exact) mass is 431 g/mol. The van der Waals surface area contributed by atoms with Crippen molar-refractivity contribution >= 4 is 17.4 Å². The highest BCUT2D eigenvalue weighted by molar-refractivity contribution is 6.30. The van der Waals surface area contributed by atoms with Gasteiger partial charge in [0.15, 0.2) is 5.82 Å². The molecule has 1 aliphatic rings. The van der Waals surface area contributed by atoms with E-state index in [-0.39, 0.29) is 0 Å². The van der Waals surface area contributed by atoms with E-state index < -0.39 is 0 Å². The lowest BCUT2D eigenvalue weighted by molar-refractivity contribution is 0.331. The summed E-state index contributed by atoms with van der Waals surface area (Å²) in [5.74, 6) is 0.882. The molecule has 4 aromatic rings. The van der Waals surface area contributed by atoms with Crippen LogP contribution in [0.4, 0.5) is 5.82 Å². The predicted molar refractivity (Wildman–Crippen MR) is 122 cm³/mol. The first-order valence-electron chi connectivity index (χ1n) is 10.3. The fourth-order valence-electron chi connectivity index (χ4n) is 3.95. The quantitative estimate of drug-likeness (QED) is 0.509. The summed E-state index contributed by atoms with van der Waals surface area (Å²) >= 11 is 6.14.